The van der Waals surface area contributed by atoms with Crippen LogP contribution in [0.3, 0.4) is 0 Å². The van der Waals surface area contributed by atoms with Crippen LogP contribution in [-0.4, -0.2) is 16.0 Å². The average molecular weight is 325 g/mol. The second-order valence-corrected chi connectivity index (χ2v) is 5.28. The Morgan fingerprint density at radius 2 is 1.75 bits per heavy atom. The van der Waals surface area contributed by atoms with Crippen molar-refractivity contribution in [2.75, 3.05) is 0 Å². The number of nitrogens with zero attached hydrogens (tertiary/aromatic N) is 2. The smallest absolute Gasteiger partial charge is 0.292 e. The molecule has 1 N–H and O–H groups in total. The van der Waals surface area contributed by atoms with Gasteiger partial charge >= 0.3 is 0 Å². The lowest BCUT2D eigenvalue weighted by Gasteiger charge is -2.03. The summed E-state index contributed by atoms with van der Waals surface area (Å²) < 4.78 is 18.0. The van der Waals surface area contributed by atoms with Crippen molar-refractivity contribution in [2.45, 2.75) is 19.9 Å². The van der Waals surface area contributed by atoms with Crippen molar-refractivity contribution in [1.29, 1.82) is 0 Å². The van der Waals surface area contributed by atoms with Gasteiger partial charge in [0.2, 0.25) is 0 Å². The van der Waals surface area contributed by atoms with Crippen molar-refractivity contribution >= 4 is 5.91 Å². The molecule has 1 heterocycles. The summed E-state index contributed by atoms with van der Waals surface area (Å²) >= 11 is 0. The molecule has 0 saturated heterocycles. The van der Waals surface area contributed by atoms with E-state index in [0.29, 0.717) is 12.1 Å². The first-order valence-corrected chi connectivity index (χ1v) is 7.61. The van der Waals surface area contributed by atoms with Gasteiger partial charge in [0.15, 0.2) is 0 Å². The second kappa shape index (κ2) is 7.04. The van der Waals surface area contributed by atoms with Crippen molar-refractivity contribution in [1.82, 2.24) is 15.5 Å². The SMILES string of the molecule is CCc1ccc(CNC(=O)c2noc(-c3ccc(F)cc3)n2)cc1. The Morgan fingerprint density at radius 3 is 2.42 bits per heavy atom. The van der Waals surface area contributed by atoms with Crippen molar-refractivity contribution in [3.05, 3.63) is 71.3 Å². The fourth-order valence-electron chi connectivity index (χ4n) is 2.18. The third-order valence-electron chi connectivity index (χ3n) is 3.60. The maximum atomic E-state index is 12.9. The number of hydrogen-bond acceptors (Lipinski definition) is 4. The molecule has 0 unspecified atom stereocenters. The van der Waals surface area contributed by atoms with Gasteiger partial charge in [-0.25, -0.2) is 4.39 Å². The highest BCUT2D eigenvalue weighted by Crippen LogP contribution is 2.17. The lowest BCUT2D eigenvalue weighted by Crippen LogP contribution is -2.23. The summed E-state index contributed by atoms with van der Waals surface area (Å²) in [4.78, 5) is 16.1. The van der Waals surface area contributed by atoms with E-state index in [2.05, 4.69) is 22.4 Å². The third kappa shape index (κ3) is 3.65. The first-order valence-electron chi connectivity index (χ1n) is 7.61. The Hall–Kier alpha value is -3.02. The molecule has 3 rings (SSSR count). The normalized spacial score (nSPS) is 10.6. The van der Waals surface area contributed by atoms with Crippen LogP contribution >= 0.6 is 0 Å². The van der Waals surface area contributed by atoms with Crippen LogP contribution in [-0.2, 0) is 13.0 Å². The van der Waals surface area contributed by atoms with Gasteiger partial charge in [-0.2, -0.15) is 4.98 Å². The van der Waals surface area contributed by atoms with Crippen LogP contribution in [0.2, 0.25) is 0 Å². The summed E-state index contributed by atoms with van der Waals surface area (Å²) in [5.41, 5.74) is 2.79. The van der Waals surface area contributed by atoms with E-state index in [1.807, 2.05) is 24.3 Å². The molecule has 3 aromatic rings. The number of aromatic nitrogens is 2. The van der Waals surface area contributed by atoms with Gasteiger partial charge in [-0.05, 0) is 41.8 Å². The molecule has 5 nitrogen and oxygen atoms in total. The molecule has 0 spiro atoms. The fourth-order valence-corrected chi connectivity index (χ4v) is 2.18. The Morgan fingerprint density at radius 1 is 1.08 bits per heavy atom. The van der Waals surface area contributed by atoms with Crippen molar-refractivity contribution in [3.63, 3.8) is 0 Å². The van der Waals surface area contributed by atoms with Crippen LogP contribution in [0, 0.1) is 5.82 Å². The van der Waals surface area contributed by atoms with Crippen LogP contribution in [0.5, 0.6) is 0 Å². The predicted octanol–water partition coefficient (Wildman–Crippen LogP) is 3.37. The molecule has 0 aliphatic carbocycles. The van der Waals surface area contributed by atoms with Crippen LogP contribution in [0.4, 0.5) is 4.39 Å². The number of rotatable bonds is 5. The number of nitrogens with one attached hydrogen (secondary N) is 1. The average Bonchev–Trinajstić information content (AvgIpc) is 3.11. The number of hydrogen-bond donors (Lipinski definition) is 1. The number of halogens is 1. The van der Waals surface area contributed by atoms with Crippen LogP contribution < -0.4 is 5.32 Å². The van der Waals surface area contributed by atoms with E-state index in [1.165, 1.54) is 29.8 Å². The van der Waals surface area contributed by atoms with Gasteiger partial charge in [0.25, 0.3) is 17.6 Å². The van der Waals surface area contributed by atoms with Gasteiger partial charge in [-0.3, -0.25) is 4.79 Å². The molecule has 0 saturated carbocycles. The molecular formula is C18H16FN3O2. The molecule has 1 amide bonds. The molecule has 0 radical (unpaired) electrons. The molecule has 0 atom stereocenters. The third-order valence-corrected chi connectivity index (χ3v) is 3.60. The molecule has 6 heteroatoms. The quantitative estimate of drug-likeness (QED) is 0.781. The standard InChI is InChI=1S/C18H16FN3O2/c1-2-12-3-5-13(6-4-12)11-20-17(23)16-21-18(24-22-16)14-7-9-15(19)10-8-14/h3-10H,2,11H2,1H3,(H,20,23). The monoisotopic (exact) mass is 325 g/mol. The number of carbonyl (C=O) groups excluding carboxylic acids is 1. The lowest BCUT2D eigenvalue weighted by atomic mass is 10.1. The summed E-state index contributed by atoms with van der Waals surface area (Å²) in [6.45, 7) is 2.47. The molecule has 24 heavy (non-hydrogen) atoms. The minimum atomic E-state index is -0.424. The van der Waals surface area contributed by atoms with Crippen LogP contribution in [0.1, 0.15) is 28.7 Å². The maximum Gasteiger partial charge on any atom is 0.292 e. The van der Waals surface area contributed by atoms with E-state index in [4.69, 9.17) is 4.52 Å². The van der Waals surface area contributed by atoms with Gasteiger partial charge in [-0.1, -0.05) is 36.3 Å². The van der Waals surface area contributed by atoms with Crippen LogP contribution in [0.15, 0.2) is 53.1 Å². The van der Waals surface area contributed by atoms with E-state index >= 15 is 0 Å². The molecule has 0 bridgehead atoms. The molecule has 0 aliphatic rings. The van der Waals surface area contributed by atoms with Crippen molar-refractivity contribution < 1.29 is 13.7 Å². The highest BCUT2D eigenvalue weighted by atomic mass is 19.1. The first-order chi connectivity index (χ1) is 11.7. The summed E-state index contributed by atoms with van der Waals surface area (Å²) in [6.07, 6.45) is 0.974. The molecular weight excluding hydrogens is 309 g/mol. The summed E-state index contributed by atoms with van der Waals surface area (Å²) in [7, 11) is 0. The number of aryl methyl sites for hydroxylation is 1. The predicted molar refractivity (Wildman–Crippen MR) is 86.7 cm³/mol. The van der Waals surface area contributed by atoms with Gasteiger partial charge < -0.3 is 9.84 Å². The van der Waals surface area contributed by atoms with E-state index in [1.54, 1.807) is 0 Å². The van der Waals surface area contributed by atoms with E-state index in [0.717, 1.165) is 12.0 Å². The topological polar surface area (TPSA) is 68.0 Å². The largest absolute Gasteiger partial charge is 0.345 e. The lowest BCUT2D eigenvalue weighted by molar-refractivity contribution is 0.0937. The van der Waals surface area contributed by atoms with Crippen molar-refractivity contribution in [2.24, 2.45) is 0 Å². The number of amides is 1. The van der Waals surface area contributed by atoms with E-state index in [-0.39, 0.29) is 17.5 Å². The molecule has 0 fully saturated rings. The first kappa shape index (κ1) is 15.9. The number of carbonyl (C=O) groups is 1. The number of benzene rings is 2. The highest BCUT2D eigenvalue weighted by Gasteiger charge is 2.15. The zero-order chi connectivity index (χ0) is 16.9. The van der Waals surface area contributed by atoms with E-state index in [9.17, 15) is 9.18 Å². The maximum absolute atomic E-state index is 12.9. The zero-order valence-electron chi connectivity index (χ0n) is 13.1. The van der Waals surface area contributed by atoms with Gasteiger partial charge in [0, 0.05) is 12.1 Å². The highest BCUT2D eigenvalue weighted by molar-refractivity contribution is 5.90. The minimum absolute atomic E-state index is 0.0560. The molecule has 1 aromatic heterocycles. The Bertz CT molecular complexity index is 826. The minimum Gasteiger partial charge on any atom is -0.345 e. The van der Waals surface area contributed by atoms with Gasteiger partial charge in [-0.15, -0.1) is 0 Å². The second-order valence-electron chi connectivity index (χ2n) is 5.28. The Balaban J connectivity index is 1.64. The molecule has 122 valence electrons. The Kier molecular flexibility index (Phi) is 4.65. The molecule has 0 aliphatic heterocycles. The van der Waals surface area contributed by atoms with Crippen LogP contribution in [0.25, 0.3) is 11.5 Å². The zero-order valence-corrected chi connectivity index (χ0v) is 13.1. The fraction of sp³-hybridized carbons (Fsp3) is 0.167. The van der Waals surface area contributed by atoms with E-state index < -0.39 is 5.91 Å². The summed E-state index contributed by atoms with van der Waals surface area (Å²) in [5.74, 6) is -0.663. The summed E-state index contributed by atoms with van der Waals surface area (Å²) in [6, 6.07) is 13.6. The van der Waals surface area contributed by atoms with Gasteiger partial charge in [0.05, 0.1) is 0 Å². The Labute approximate surface area is 138 Å². The summed E-state index contributed by atoms with van der Waals surface area (Å²) in [5, 5.41) is 6.41. The van der Waals surface area contributed by atoms with Crippen molar-refractivity contribution in [3.8, 4) is 11.5 Å². The van der Waals surface area contributed by atoms with Gasteiger partial charge in [0.1, 0.15) is 5.82 Å². The molecule has 2 aromatic carbocycles.